The van der Waals surface area contributed by atoms with Gasteiger partial charge in [0.25, 0.3) is 0 Å². The van der Waals surface area contributed by atoms with Gasteiger partial charge in [0.1, 0.15) is 38.4 Å². The fraction of sp³-hybridized carbons (Fsp3) is 0. The highest BCUT2D eigenvalue weighted by Gasteiger charge is 2.26. The Morgan fingerprint density at radius 3 is 2.23 bits per heavy atom. The number of halogens is 1. The second kappa shape index (κ2) is 6.80. The van der Waals surface area contributed by atoms with Gasteiger partial charge >= 0.3 is 0 Å². The number of phenols is 3. The molecule has 3 N–H and O–H groups in total. The summed E-state index contributed by atoms with van der Waals surface area (Å²) in [5.74, 6) is -3.02. The SMILES string of the molecule is [B]c1c([B])c(O)c(-c2c(F)ccc3c2oc2c(-c4ccccn4)cccc23)c(O)c1O. The Morgan fingerprint density at radius 1 is 0.742 bits per heavy atom. The maximum Gasteiger partial charge on any atom is 0.168 e. The smallest absolute Gasteiger partial charge is 0.168 e. The van der Waals surface area contributed by atoms with E-state index in [4.69, 9.17) is 20.1 Å². The predicted octanol–water partition coefficient (Wildman–Crippen LogP) is 3.16. The van der Waals surface area contributed by atoms with E-state index < -0.39 is 34.1 Å². The Balaban J connectivity index is 1.92. The average molecular weight is 407 g/mol. The van der Waals surface area contributed by atoms with Crippen molar-refractivity contribution in [1.82, 2.24) is 4.98 Å². The fourth-order valence-electron chi connectivity index (χ4n) is 3.78. The van der Waals surface area contributed by atoms with Gasteiger partial charge in [-0.1, -0.05) is 29.1 Å². The van der Waals surface area contributed by atoms with Gasteiger partial charge in [-0.05, 0) is 30.3 Å². The van der Waals surface area contributed by atoms with Crippen molar-refractivity contribution in [2.75, 3.05) is 0 Å². The molecule has 0 aliphatic heterocycles. The first-order valence-electron chi connectivity index (χ1n) is 9.27. The van der Waals surface area contributed by atoms with E-state index in [-0.39, 0.29) is 16.6 Å². The molecule has 0 bridgehead atoms. The van der Waals surface area contributed by atoms with Crippen LogP contribution in [0.5, 0.6) is 17.2 Å². The highest BCUT2D eigenvalue weighted by molar-refractivity contribution is 6.51. The van der Waals surface area contributed by atoms with Crippen LogP contribution in [0.3, 0.4) is 0 Å². The number of furan rings is 1. The van der Waals surface area contributed by atoms with Crippen LogP contribution < -0.4 is 10.9 Å². The van der Waals surface area contributed by atoms with Crippen molar-refractivity contribution in [3.63, 3.8) is 0 Å². The molecule has 0 saturated heterocycles. The molecule has 0 atom stereocenters. The first-order chi connectivity index (χ1) is 14.9. The molecular formula is C23H12B2FNO4. The van der Waals surface area contributed by atoms with E-state index in [0.29, 0.717) is 27.6 Å². The van der Waals surface area contributed by atoms with Gasteiger partial charge < -0.3 is 19.7 Å². The van der Waals surface area contributed by atoms with Crippen LogP contribution in [-0.2, 0) is 0 Å². The summed E-state index contributed by atoms with van der Waals surface area (Å²) in [4.78, 5) is 4.35. The second-order valence-electron chi connectivity index (χ2n) is 7.05. The number of fused-ring (bicyclic) bond motifs is 3. The van der Waals surface area contributed by atoms with Crippen LogP contribution in [0.25, 0.3) is 44.3 Å². The number of hydrogen-bond donors (Lipinski definition) is 3. The van der Waals surface area contributed by atoms with Crippen molar-refractivity contribution in [3.05, 3.63) is 60.5 Å². The number of pyridine rings is 1. The van der Waals surface area contributed by atoms with Crippen LogP contribution in [0.1, 0.15) is 0 Å². The normalized spacial score (nSPS) is 11.4. The summed E-state index contributed by atoms with van der Waals surface area (Å²) in [5, 5.41) is 32.3. The molecule has 0 amide bonds. The van der Waals surface area contributed by atoms with Crippen LogP contribution in [0.15, 0.2) is 59.1 Å². The van der Waals surface area contributed by atoms with E-state index in [1.807, 2.05) is 30.3 Å². The lowest BCUT2D eigenvalue weighted by Gasteiger charge is -2.16. The van der Waals surface area contributed by atoms with Crippen LogP contribution in [0.2, 0.25) is 0 Å². The summed E-state index contributed by atoms with van der Waals surface area (Å²) < 4.78 is 21.1. The molecule has 0 unspecified atom stereocenters. The first-order valence-corrected chi connectivity index (χ1v) is 9.27. The Hall–Kier alpha value is -3.93. The van der Waals surface area contributed by atoms with Crippen molar-refractivity contribution >= 4 is 48.6 Å². The Bertz CT molecular complexity index is 1470. The minimum atomic E-state index is -0.805. The lowest BCUT2D eigenvalue weighted by atomic mass is 9.77. The minimum Gasteiger partial charge on any atom is -0.508 e. The van der Waals surface area contributed by atoms with Crippen molar-refractivity contribution < 1.29 is 24.1 Å². The van der Waals surface area contributed by atoms with Crippen molar-refractivity contribution in [1.29, 1.82) is 0 Å². The number of aromatic nitrogens is 1. The molecule has 3 aromatic carbocycles. The predicted molar refractivity (Wildman–Crippen MR) is 118 cm³/mol. The molecule has 8 heteroatoms. The highest BCUT2D eigenvalue weighted by Crippen LogP contribution is 2.47. The molecule has 4 radical (unpaired) electrons. The summed E-state index contributed by atoms with van der Waals surface area (Å²) in [6.07, 6.45) is 1.65. The van der Waals surface area contributed by atoms with Crippen molar-refractivity contribution in [2.45, 2.75) is 0 Å². The van der Waals surface area contributed by atoms with E-state index in [2.05, 4.69) is 4.98 Å². The quantitative estimate of drug-likeness (QED) is 0.238. The molecule has 5 nitrogen and oxygen atoms in total. The molecule has 0 saturated carbocycles. The van der Waals surface area contributed by atoms with Gasteiger partial charge in [-0.25, -0.2) is 4.39 Å². The Kier molecular flexibility index (Phi) is 4.18. The van der Waals surface area contributed by atoms with Gasteiger partial charge in [-0.2, -0.15) is 0 Å². The van der Waals surface area contributed by atoms with E-state index >= 15 is 4.39 Å². The van der Waals surface area contributed by atoms with E-state index in [0.717, 1.165) is 0 Å². The zero-order chi connectivity index (χ0) is 21.9. The number of rotatable bonds is 2. The Labute approximate surface area is 178 Å². The maximum atomic E-state index is 15.0. The number of phenolic OH excluding ortho intramolecular Hbond substituents is 3. The summed E-state index contributed by atoms with van der Waals surface area (Å²) >= 11 is 0. The third-order valence-corrected chi connectivity index (χ3v) is 5.31. The Morgan fingerprint density at radius 2 is 1.48 bits per heavy atom. The lowest BCUT2D eigenvalue weighted by Crippen LogP contribution is -2.26. The topological polar surface area (TPSA) is 86.7 Å². The summed E-state index contributed by atoms with van der Waals surface area (Å²) in [5.41, 5.74) is 0.411. The van der Waals surface area contributed by atoms with Crippen molar-refractivity contribution in [3.8, 4) is 39.6 Å². The number of hydrogen-bond acceptors (Lipinski definition) is 5. The zero-order valence-electron chi connectivity index (χ0n) is 15.9. The van der Waals surface area contributed by atoms with Crippen LogP contribution in [0, 0.1) is 5.82 Å². The van der Waals surface area contributed by atoms with E-state index in [1.54, 1.807) is 12.3 Å². The molecule has 5 aromatic rings. The molecule has 0 aliphatic carbocycles. The van der Waals surface area contributed by atoms with Gasteiger partial charge in [0.05, 0.1) is 16.8 Å². The average Bonchev–Trinajstić information content (AvgIpc) is 3.17. The second-order valence-corrected chi connectivity index (χ2v) is 7.05. The first kappa shape index (κ1) is 19.1. The number of para-hydroxylation sites is 1. The van der Waals surface area contributed by atoms with Gasteiger partial charge in [-0.3, -0.25) is 4.98 Å². The number of nitrogens with zero attached hydrogens (tertiary/aromatic N) is 1. The number of aromatic hydroxyl groups is 3. The van der Waals surface area contributed by atoms with Crippen LogP contribution in [0.4, 0.5) is 4.39 Å². The van der Waals surface area contributed by atoms with E-state index in [9.17, 15) is 15.3 Å². The molecule has 31 heavy (non-hydrogen) atoms. The number of benzene rings is 3. The van der Waals surface area contributed by atoms with Gasteiger partial charge in [0.15, 0.2) is 11.5 Å². The monoisotopic (exact) mass is 407 g/mol. The largest absolute Gasteiger partial charge is 0.508 e. The zero-order valence-corrected chi connectivity index (χ0v) is 15.9. The third-order valence-electron chi connectivity index (χ3n) is 5.31. The molecule has 2 heterocycles. The fourth-order valence-corrected chi connectivity index (χ4v) is 3.78. The summed E-state index contributed by atoms with van der Waals surface area (Å²) in [6.45, 7) is 0. The van der Waals surface area contributed by atoms with Crippen LogP contribution in [-0.4, -0.2) is 36.0 Å². The molecule has 0 fully saturated rings. The van der Waals surface area contributed by atoms with Crippen molar-refractivity contribution in [2.24, 2.45) is 0 Å². The molecule has 0 aliphatic rings. The van der Waals surface area contributed by atoms with Gasteiger partial charge in [-0.15, -0.1) is 0 Å². The van der Waals surface area contributed by atoms with E-state index in [1.165, 1.54) is 12.1 Å². The minimum absolute atomic E-state index is 0.0625. The standard InChI is InChI=1S/C23H12B2FNO4/c24-17-18(25)21(30)20(29)16(19(17)28)15-13(26)8-7-11-10-4-3-5-12(22(10)31-23(11)15)14-6-1-2-9-27-14/h1-9,28-30H. The molecule has 146 valence electrons. The molecule has 2 aromatic heterocycles. The third kappa shape index (κ3) is 2.68. The molecule has 0 spiro atoms. The molecule has 5 rings (SSSR count). The lowest BCUT2D eigenvalue weighted by molar-refractivity contribution is 0.402. The van der Waals surface area contributed by atoms with Crippen LogP contribution >= 0.6 is 0 Å². The maximum absolute atomic E-state index is 15.0. The highest BCUT2D eigenvalue weighted by atomic mass is 19.1. The summed E-state index contributed by atoms with van der Waals surface area (Å²) in [7, 11) is 11.4. The van der Waals surface area contributed by atoms with Gasteiger partial charge in [0.2, 0.25) is 0 Å². The molecular weight excluding hydrogens is 395 g/mol. The van der Waals surface area contributed by atoms with Gasteiger partial charge in [0, 0.05) is 22.5 Å². The summed E-state index contributed by atoms with van der Waals surface area (Å²) in [6, 6.07) is 13.6.